The van der Waals surface area contributed by atoms with Crippen molar-refractivity contribution in [3.8, 4) is 112 Å². The maximum atomic E-state index is 10.0. The fraction of sp³-hybridized carbons (Fsp3) is 0.126. The molecule has 0 bridgehead atoms. The molecule has 0 fully saturated rings. The van der Waals surface area contributed by atoms with Gasteiger partial charge in [-0.3, -0.25) is 29.3 Å². The SMILES string of the molecule is CC(=O)C=C(C)O.CC(=O)C=C(C)O.CC(=O)C=C(C)O.CC(C)(C)c1ccc(-c2cc3nc(-c4[c-]ccc(-c5ccccc5)c4)ccc3o2)cc1.Cc1c(-c2ccccc2)oc2ccc(-c3[c-]ccc(-c4ccccc4)c3)nc12.Cc1cccc(C)c1-c1ccc(-c2cc3nc(-c4[c-]ccc(-c5ccccc5)c4)ccc3o2)cc1.[Ir].[Ir].[Ir]. The zero-order valence-electron chi connectivity index (χ0n) is 67.6. The van der Waals surface area contributed by atoms with Crippen LogP contribution in [-0.4, -0.2) is 47.6 Å². The first-order valence-electron chi connectivity index (χ1n) is 37.7. The third-order valence-electron chi connectivity index (χ3n) is 18.3. The minimum Gasteiger partial charge on any atom is -0.512 e. The Bertz CT molecular complexity index is 6040. The van der Waals surface area contributed by atoms with E-state index in [-0.39, 0.29) is 100 Å². The Morgan fingerprint density at radius 1 is 0.339 bits per heavy atom. The summed E-state index contributed by atoms with van der Waals surface area (Å²) >= 11 is 0. The number of carbonyl (C=O) groups is 3. The van der Waals surface area contributed by atoms with Crippen LogP contribution in [0.25, 0.3) is 146 Å². The summed E-state index contributed by atoms with van der Waals surface area (Å²) in [4.78, 5) is 44.7. The van der Waals surface area contributed by atoms with Gasteiger partial charge in [0.1, 0.15) is 22.8 Å². The van der Waals surface area contributed by atoms with Crippen LogP contribution in [-0.2, 0) is 80.1 Å². The maximum absolute atomic E-state index is 10.0. The molecule has 15 heteroatoms. The summed E-state index contributed by atoms with van der Waals surface area (Å²) in [5.41, 5.74) is 28.3. The molecule has 0 atom stereocenters. The molecule has 0 saturated heterocycles. The normalized spacial score (nSPS) is 11.0. The largest absolute Gasteiger partial charge is 0.512 e. The summed E-state index contributed by atoms with van der Waals surface area (Å²) in [7, 11) is 0. The number of nitrogens with zero attached hydrogens (tertiary/aromatic N) is 3. The second-order valence-electron chi connectivity index (χ2n) is 28.8. The van der Waals surface area contributed by atoms with Gasteiger partial charge in [0.25, 0.3) is 0 Å². The van der Waals surface area contributed by atoms with Gasteiger partial charge in [-0.1, -0.05) is 227 Å². The van der Waals surface area contributed by atoms with Gasteiger partial charge in [0, 0.05) is 113 Å². The van der Waals surface area contributed by atoms with Crippen LogP contribution in [0.2, 0.25) is 0 Å². The smallest absolute Gasteiger partial charge is 0.155 e. The van der Waals surface area contributed by atoms with Crippen molar-refractivity contribution in [3.05, 3.63) is 367 Å². The number of aryl methyl sites for hydroxylation is 3. The molecule has 16 rings (SSSR count). The molecule has 0 aliphatic heterocycles. The van der Waals surface area contributed by atoms with Gasteiger partial charge in [-0.25, -0.2) is 0 Å². The average Bonchev–Trinajstić information content (AvgIpc) is 1.63. The predicted molar refractivity (Wildman–Crippen MR) is 467 cm³/mol. The van der Waals surface area contributed by atoms with E-state index in [0.29, 0.717) is 0 Å². The number of fused-ring (bicyclic) bond motifs is 3. The van der Waals surface area contributed by atoms with Gasteiger partial charge in [-0.05, 0) is 148 Å². The van der Waals surface area contributed by atoms with Gasteiger partial charge in [-0.15, -0.1) is 106 Å². The van der Waals surface area contributed by atoms with Crippen LogP contribution in [0.1, 0.15) is 84.6 Å². The number of hydrogen-bond donors (Lipinski definition) is 3. The number of aromatic nitrogens is 3. The molecule has 0 spiro atoms. The molecular weight excluding hydrogens is 2000 g/mol. The third kappa shape index (κ3) is 25.2. The van der Waals surface area contributed by atoms with Gasteiger partial charge in [0.2, 0.25) is 0 Å². The number of aliphatic hydroxyl groups excluding tert-OH is 3. The molecule has 0 amide bonds. The second kappa shape index (κ2) is 43.2. The fourth-order valence-corrected chi connectivity index (χ4v) is 12.9. The van der Waals surface area contributed by atoms with E-state index in [4.69, 9.17) is 43.5 Å². The van der Waals surface area contributed by atoms with Crippen LogP contribution in [0.5, 0.6) is 0 Å². The monoisotopic (exact) mass is 2090 g/mol. The summed E-state index contributed by atoms with van der Waals surface area (Å²) in [6.45, 7) is 21.6. The van der Waals surface area contributed by atoms with Crippen molar-refractivity contribution in [3.63, 3.8) is 0 Å². The Balaban J connectivity index is 0.000000195. The number of furan rings is 3. The van der Waals surface area contributed by atoms with Crippen molar-refractivity contribution in [2.45, 2.75) is 88.5 Å². The Kier molecular flexibility index (Phi) is 33.4. The van der Waals surface area contributed by atoms with Crippen LogP contribution >= 0.6 is 0 Å². The summed E-state index contributed by atoms with van der Waals surface area (Å²) in [6, 6.07) is 109. The van der Waals surface area contributed by atoms with E-state index in [2.05, 4.69) is 248 Å². The molecule has 10 aromatic carbocycles. The van der Waals surface area contributed by atoms with E-state index >= 15 is 0 Å². The van der Waals surface area contributed by atoms with E-state index in [1.165, 1.54) is 104 Å². The number of pyridine rings is 3. The van der Waals surface area contributed by atoms with Crippen molar-refractivity contribution in [1.82, 2.24) is 15.0 Å². The van der Waals surface area contributed by atoms with Crippen molar-refractivity contribution >= 4 is 50.6 Å². The molecule has 12 nitrogen and oxygen atoms in total. The topological polar surface area (TPSA) is 190 Å². The van der Waals surface area contributed by atoms with E-state index in [0.717, 1.165) is 123 Å². The van der Waals surface area contributed by atoms with Crippen molar-refractivity contribution < 1.29 is 103 Å². The maximum Gasteiger partial charge on any atom is 0.155 e. The third-order valence-corrected chi connectivity index (χ3v) is 18.3. The molecule has 6 heterocycles. The van der Waals surface area contributed by atoms with E-state index in [9.17, 15) is 14.4 Å². The molecule has 0 aliphatic rings. The van der Waals surface area contributed by atoms with Crippen molar-refractivity contribution in [1.29, 1.82) is 0 Å². The molecule has 3 radical (unpaired) electrons. The van der Waals surface area contributed by atoms with Crippen LogP contribution in [0.4, 0.5) is 0 Å². The van der Waals surface area contributed by atoms with Crippen molar-refractivity contribution in [2.24, 2.45) is 0 Å². The number of benzene rings is 10. The molecule has 3 N–H and O–H groups in total. The Labute approximate surface area is 730 Å². The first-order chi connectivity index (χ1) is 55.3. The number of allylic oxidation sites excluding steroid dienone is 6. The predicted octanol–water partition coefficient (Wildman–Crippen LogP) is 26.9. The quantitative estimate of drug-likeness (QED) is 0.0563. The van der Waals surface area contributed by atoms with Gasteiger partial charge in [0.15, 0.2) is 34.1 Å². The Morgan fingerprint density at radius 2 is 0.669 bits per heavy atom. The summed E-state index contributed by atoms with van der Waals surface area (Å²) < 4.78 is 18.3. The summed E-state index contributed by atoms with van der Waals surface area (Å²) in [5.74, 6) is 2.34. The molecule has 0 saturated carbocycles. The number of ketones is 3. The molecule has 0 unspecified atom stereocenters. The fourth-order valence-electron chi connectivity index (χ4n) is 12.9. The average molecular weight is 2090 g/mol. The van der Waals surface area contributed by atoms with Crippen LogP contribution in [0, 0.1) is 39.0 Å². The Morgan fingerprint density at radius 3 is 1.01 bits per heavy atom. The summed E-state index contributed by atoms with van der Waals surface area (Å²) in [5, 5.41) is 25.1. The first kappa shape index (κ1) is 91.4. The Hall–Kier alpha value is -12.2. The van der Waals surface area contributed by atoms with Crippen LogP contribution in [0.3, 0.4) is 0 Å². The zero-order chi connectivity index (χ0) is 81.7. The second-order valence-corrected chi connectivity index (χ2v) is 28.8. The molecule has 118 heavy (non-hydrogen) atoms. The number of hydrogen-bond acceptors (Lipinski definition) is 12. The molecule has 601 valence electrons. The number of aliphatic hydroxyl groups is 3. The van der Waals surface area contributed by atoms with E-state index in [1.54, 1.807) is 0 Å². The standard InChI is InChI=1S/C33H24NO.C29H24NO.C26H18NO.3C5H8O2.3Ir/c1-22-8-6-9-23(2)33(22)26-16-14-25(15-17-26)32-21-30-31(35-32)19-18-29(34-30)28-13-7-12-27(20-28)24-10-4-3-5-11-24;1-29(2,3)24-14-12-21(13-15-24)28-19-26-27(31-28)17-16-25(30-26)23-11-7-10-22(18-23)20-8-5-4-6-9-20;1-18-25-24(28-26(18)20-11-6-3-7-12-20)16-15-23(27-25)22-14-8-13-21(17-22)19-9-4-2-5-10-19;3*1-4(6)3-5(2)7;;;/h3-12,14-21H,1-2H3;4-10,12-19H,1-3H3;2-13,15-17H,1H3;3*3,6H,1-2H3;;;/q3*-1;;;;;;. The summed E-state index contributed by atoms with van der Waals surface area (Å²) in [6.07, 6.45) is 3.50. The van der Waals surface area contributed by atoms with Gasteiger partial charge in [-0.2, -0.15) is 0 Å². The number of rotatable bonds is 13. The first-order valence-corrected chi connectivity index (χ1v) is 37.7. The molecule has 16 aromatic rings. The molecular formula is C103H90Ir3N3O9-3. The minimum atomic E-state index is -0.125. The van der Waals surface area contributed by atoms with Gasteiger partial charge in [0.05, 0.1) is 28.3 Å². The van der Waals surface area contributed by atoms with E-state index in [1.807, 2.05) is 103 Å². The van der Waals surface area contributed by atoms with Crippen LogP contribution in [0.15, 0.2) is 340 Å². The number of carbonyl (C=O) groups excluding carboxylic acids is 3. The van der Waals surface area contributed by atoms with Gasteiger partial charge < -0.3 is 28.6 Å². The zero-order valence-corrected chi connectivity index (χ0v) is 74.8. The minimum absolute atomic E-state index is 0. The van der Waals surface area contributed by atoms with Gasteiger partial charge >= 0.3 is 0 Å². The van der Waals surface area contributed by atoms with Crippen molar-refractivity contribution in [2.75, 3.05) is 0 Å². The van der Waals surface area contributed by atoms with E-state index < -0.39 is 0 Å². The molecule has 6 aromatic heterocycles. The van der Waals surface area contributed by atoms with Crippen LogP contribution < -0.4 is 0 Å². The molecule has 0 aliphatic carbocycles.